The number of hydrogen-bond donors (Lipinski definition) is 2. The van der Waals surface area contributed by atoms with E-state index in [1.54, 1.807) is 31.8 Å². The fraction of sp³-hybridized carbons (Fsp3) is 0.190. The number of amides is 1. The zero-order valence-electron chi connectivity index (χ0n) is 15.2. The van der Waals surface area contributed by atoms with Gasteiger partial charge in [0.05, 0.1) is 7.11 Å². The summed E-state index contributed by atoms with van der Waals surface area (Å²) in [6.45, 7) is 1.16. The first-order valence-corrected chi connectivity index (χ1v) is 8.74. The van der Waals surface area contributed by atoms with Gasteiger partial charge in [-0.15, -0.1) is 0 Å². The highest BCUT2D eigenvalue weighted by atomic mass is 16.5. The lowest BCUT2D eigenvalue weighted by molar-refractivity contribution is 0.0946. The van der Waals surface area contributed by atoms with E-state index in [-0.39, 0.29) is 5.91 Å². The summed E-state index contributed by atoms with van der Waals surface area (Å²) in [4.78, 5) is 20.5. The molecule has 0 radical (unpaired) electrons. The predicted octanol–water partition coefficient (Wildman–Crippen LogP) is 3.07. The summed E-state index contributed by atoms with van der Waals surface area (Å²) in [5, 5.41) is 6.18. The lowest BCUT2D eigenvalue weighted by atomic mass is 10.1. The summed E-state index contributed by atoms with van der Waals surface area (Å²) in [6.07, 6.45) is 5.91. The zero-order chi connectivity index (χ0) is 18.9. The molecule has 2 heterocycles. The van der Waals surface area contributed by atoms with Gasteiger partial charge in [-0.3, -0.25) is 14.8 Å². The van der Waals surface area contributed by atoms with Crippen LogP contribution in [0.15, 0.2) is 67.1 Å². The third-order valence-corrected chi connectivity index (χ3v) is 4.05. The van der Waals surface area contributed by atoms with Crippen LogP contribution in [0.2, 0.25) is 0 Å². The smallest absolute Gasteiger partial charge is 0.270 e. The number of carbonyl (C=O) groups is 1. The van der Waals surface area contributed by atoms with Gasteiger partial charge in [0.15, 0.2) is 0 Å². The van der Waals surface area contributed by atoms with Crippen LogP contribution in [-0.4, -0.2) is 29.5 Å². The molecular formula is C21H22N4O2. The van der Waals surface area contributed by atoms with Gasteiger partial charge in [-0.05, 0) is 47.9 Å². The van der Waals surface area contributed by atoms with Gasteiger partial charge < -0.3 is 15.4 Å². The molecule has 0 saturated heterocycles. The number of hydrogen-bond acceptors (Lipinski definition) is 5. The summed E-state index contributed by atoms with van der Waals surface area (Å²) in [5.41, 5.74) is 3.37. The maximum absolute atomic E-state index is 12.3. The molecule has 6 nitrogen and oxygen atoms in total. The van der Waals surface area contributed by atoms with Crippen molar-refractivity contribution in [3.8, 4) is 5.75 Å². The standard InChI is InChI=1S/C21H22N4O2/c1-27-19-6-2-4-16(12-19)7-10-23-18-8-11-24-20(13-18)21(26)25-15-17-5-3-9-22-14-17/h2-6,8-9,11-14H,7,10,15H2,1H3,(H,23,24)(H,25,26). The van der Waals surface area contributed by atoms with E-state index in [1.807, 2.05) is 36.4 Å². The van der Waals surface area contributed by atoms with E-state index in [0.29, 0.717) is 12.2 Å². The molecule has 0 aliphatic rings. The first-order valence-electron chi connectivity index (χ1n) is 8.74. The molecule has 0 atom stereocenters. The van der Waals surface area contributed by atoms with Crippen molar-refractivity contribution in [2.75, 3.05) is 19.0 Å². The minimum absolute atomic E-state index is 0.213. The highest BCUT2D eigenvalue weighted by Gasteiger charge is 2.08. The molecule has 0 spiro atoms. The Kier molecular flexibility index (Phi) is 6.35. The van der Waals surface area contributed by atoms with Crippen LogP contribution in [0, 0.1) is 0 Å². The maximum atomic E-state index is 12.3. The second-order valence-electron chi connectivity index (χ2n) is 6.00. The van der Waals surface area contributed by atoms with Crippen molar-refractivity contribution in [1.29, 1.82) is 0 Å². The van der Waals surface area contributed by atoms with Gasteiger partial charge in [0.1, 0.15) is 11.4 Å². The largest absolute Gasteiger partial charge is 0.497 e. The number of nitrogens with one attached hydrogen (secondary N) is 2. The molecule has 1 amide bonds. The third kappa shape index (κ3) is 5.54. The van der Waals surface area contributed by atoms with E-state index in [4.69, 9.17) is 4.74 Å². The number of rotatable bonds is 8. The van der Waals surface area contributed by atoms with Gasteiger partial charge in [0.25, 0.3) is 5.91 Å². The minimum atomic E-state index is -0.213. The number of nitrogens with zero attached hydrogens (tertiary/aromatic N) is 2. The molecule has 0 fully saturated rings. The van der Waals surface area contributed by atoms with Crippen LogP contribution in [0.4, 0.5) is 5.69 Å². The molecule has 0 saturated carbocycles. The van der Waals surface area contributed by atoms with Gasteiger partial charge in [-0.25, -0.2) is 0 Å². The van der Waals surface area contributed by atoms with Crippen molar-refractivity contribution in [1.82, 2.24) is 15.3 Å². The lowest BCUT2D eigenvalue weighted by Gasteiger charge is -2.09. The van der Waals surface area contributed by atoms with E-state index < -0.39 is 0 Å². The number of ether oxygens (including phenoxy) is 1. The number of aromatic nitrogens is 2. The van der Waals surface area contributed by atoms with Gasteiger partial charge in [0, 0.05) is 37.4 Å². The van der Waals surface area contributed by atoms with Gasteiger partial charge in [-0.1, -0.05) is 18.2 Å². The minimum Gasteiger partial charge on any atom is -0.497 e. The first kappa shape index (κ1) is 18.4. The molecule has 0 aliphatic heterocycles. The molecule has 0 unspecified atom stereocenters. The van der Waals surface area contributed by atoms with Crippen molar-refractivity contribution in [3.05, 3.63) is 83.9 Å². The van der Waals surface area contributed by atoms with Crippen LogP contribution in [0.1, 0.15) is 21.6 Å². The van der Waals surface area contributed by atoms with Gasteiger partial charge >= 0.3 is 0 Å². The molecule has 3 rings (SSSR count). The van der Waals surface area contributed by atoms with E-state index in [2.05, 4.69) is 26.7 Å². The summed E-state index contributed by atoms with van der Waals surface area (Å²) in [5.74, 6) is 0.638. The predicted molar refractivity (Wildman–Crippen MR) is 105 cm³/mol. The van der Waals surface area contributed by atoms with Crippen LogP contribution < -0.4 is 15.4 Å². The van der Waals surface area contributed by atoms with Gasteiger partial charge in [0.2, 0.25) is 0 Å². The molecule has 0 bridgehead atoms. The Hall–Kier alpha value is -3.41. The first-order chi connectivity index (χ1) is 13.2. The average Bonchev–Trinajstić information content (AvgIpc) is 2.73. The maximum Gasteiger partial charge on any atom is 0.270 e. The topological polar surface area (TPSA) is 76.1 Å². The molecular weight excluding hydrogens is 340 g/mol. The monoisotopic (exact) mass is 362 g/mol. The van der Waals surface area contributed by atoms with Crippen LogP contribution in [0.3, 0.4) is 0 Å². The number of benzene rings is 1. The quantitative estimate of drug-likeness (QED) is 0.644. The molecule has 3 aromatic rings. The number of pyridine rings is 2. The van der Waals surface area contributed by atoms with Crippen molar-refractivity contribution >= 4 is 11.6 Å². The highest BCUT2D eigenvalue weighted by molar-refractivity contribution is 5.93. The molecule has 138 valence electrons. The van der Waals surface area contributed by atoms with Crippen LogP contribution >= 0.6 is 0 Å². The average molecular weight is 362 g/mol. The number of methoxy groups -OCH3 is 1. The Morgan fingerprint density at radius 2 is 1.96 bits per heavy atom. The SMILES string of the molecule is COc1cccc(CCNc2ccnc(C(=O)NCc3cccnc3)c2)c1. The van der Waals surface area contributed by atoms with Crippen molar-refractivity contribution in [3.63, 3.8) is 0 Å². The summed E-state index contributed by atoms with van der Waals surface area (Å²) >= 11 is 0. The number of anilines is 1. The Morgan fingerprint density at radius 3 is 2.78 bits per heavy atom. The lowest BCUT2D eigenvalue weighted by Crippen LogP contribution is -2.24. The second-order valence-corrected chi connectivity index (χ2v) is 6.00. The molecule has 2 N–H and O–H groups in total. The Morgan fingerprint density at radius 1 is 1.07 bits per heavy atom. The molecule has 0 aliphatic carbocycles. The summed E-state index contributed by atoms with van der Waals surface area (Å²) in [7, 11) is 1.66. The van der Waals surface area contributed by atoms with Crippen molar-refractivity contribution < 1.29 is 9.53 Å². The van der Waals surface area contributed by atoms with E-state index in [1.165, 1.54) is 5.56 Å². The van der Waals surface area contributed by atoms with Crippen molar-refractivity contribution in [2.24, 2.45) is 0 Å². The fourth-order valence-corrected chi connectivity index (χ4v) is 2.62. The molecule has 1 aromatic carbocycles. The second kappa shape index (κ2) is 9.33. The molecule has 2 aromatic heterocycles. The molecule has 6 heteroatoms. The van der Waals surface area contributed by atoms with E-state index in [0.717, 1.165) is 30.0 Å². The normalized spacial score (nSPS) is 10.3. The Balaban J connectivity index is 1.52. The fourth-order valence-electron chi connectivity index (χ4n) is 2.62. The highest BCUT2D eigenvalue weighted by Crippen LogP contribution is 2.14. The third-order valence-electron chi connectivity index (χ3n) is 4.05. The van der Waals surface area contributed by atoms with Crippen LogP contribution in [0.25, 0.3) is 0 Å². The van der Waals surface area contributed by atoms with Crippen molar-refractivity contribution in [2.45, 2.75) is 13.0 Å². The zero-order valence-corrected chi connectivity index (χ0v) is 15.2. The van der Waals surface area contributed by atoms with Crippen LogP contribution in [-0.2, 0) is 13.0 Å². The van der Waals surface area contributed by atoms with E-state index >= 15 is 0 Å². The van der Waals surface area contributed by atoms with Gasteiger partial charge in [-0.2, -0.15) is 0 Å². The van der Waals surface area contributed by atoms with E-state index in [9.17, 15) is 4.79 Å². The summed E-state index contributed by atoms with van der Waals surface area (Å²) in [6, 6.07) is 15.3. The Labute approximate surface area is 158 Å². The Bertz CT molecular complexity index is 884. The number of carbonyl (C=O) groups excluding carboxylic acids is 1. The summed E-state index contributed by atoms with van der Waals surface area (Å²) < 4.78 is 5.24. The molecule has 27 heavy (non-hydrogen) atoms. The van der Waals surface area contributed by atoms with Crippen LogP contribution in [0.5, 0.6) is 5.75 Å².